The van der Waals surface area contributed by atoms with E-state index in [0.29, 0.717) is 6.04 Å². The molecule has 0 amide bonds. The number of halogens is 1. The molecule has 1 nitrogen and oxygen atoms in total. The summed E-state index contributed by atoms with van der Waals surface area (Å²) in [5, 5.41) is 4.43. The Morgan fingerprint density at radius 3 is 2.00 bits per heavy atom. The molecule has 1 N–H and O–H groups in total. The predicted octanol–water partition coefficient (Wildman–Crippen LogP) is 5.06. The van der Waals surface area contributed by atoms with Gasteiger partial charge in [0.25, 0.3) is 0 Å². The first kappa shape index (κ1) is 14.1. The molecule has 2 heteroatoms. The zero-order valence-corrected chi connectivity index (χ0v) is 12.4. The molecule has 2 atom stereocenters. The molecule has 0 bridgehead atoms. The summed E-state index contributed by atoms with van der Waals surface area (Å²) in [6.45, 7) is 6.49. The highest BCUT2D eigenvalue weighted by atomic mass is 35.5. The topological polar surface area (TPSA) is 12.0 Å². The Balaban J connectivity index is 2.13. The van der Waals surface area contributed by atoms with Gasteiger partial charge in [-0.2, -0.15) is 0 Å². The Hall–Kier alpha value is -1.31. The quantitative estimate of drug-likeness (QED) is 0.821. The summed E-state index contributed by atoms with van der Waals surface area (Å²) in [6, 6.07) is 17.0. The van der Waals surface area contributed by atoms with Gasteiger partial charge in [0.05, 0.1) is 0 Å². The molecule has 0 spiro atoms. The third kappa shape index (κ3) is 3.37. The van der Waals surface area contributed by atoms with Gasteiger partial charge in [-0.15, -0.1) is 0 Å². The molecular weight excluding hydrogens is 254 g/mol. The third-order valence-electron chi connectivity index (χ3n) is 3.53. The molecule has 0 aliphatic heterocycles. The van der Waals surface area contributed by atoms with Crippen molar-refractivity contribution in [2.24, 2.45) is 0 Å². The van der Waals surface area contributed by atoms with Crippen LogP contribution in [0.3, 0.4) is 0 Å². The van der Waals surface area contributed by atoms with Crippen LogP contribution in [0.2, 0.25) is 5.02 Å². The molecule has 0 heterocycles. The maximum Gasteiger partial charge on any atom is 0.0453 e. The van der Waals surface area contributed by atoms with Crippen molar-refractivity contribution in [2.75, 3.05) is 0 Å². The lowest BCUT2D eigenvalue weighted by Gasteiger charge is -2.22. The molecule has 2 aromatic carbocycles. The molecule has 0 fully saturated rings. The number of nitrogens with one attached hydrogen (secondary N) is 1. The molecule has 0 aliphatic carbocycles. The minimum atomic E-state index is 0.225. The summed E-state index contributed by atoms with van der Waals surface area (Å²) >= 11 is 6.24. The number of rotatable bonds is 4. The minimum Gasteiger partial charge on any atom is -0.304 e. The summed E-state index contributed by atoms with van der Waals surface area (Å²) in [7, 11) is 0. The Morgan fingerprint density at radius 2 is 1.37 bits per heavy atom. The molecule has 0 saturated carbocycles. The average Bonchev–Trinajstić information content (AvgIpc) is 2.39. The van der Waals surface area contributed by atoms with E-state index < -0.39 is 0 Å². The van der Waals surface area contributed by atoms with E-state index in [-0.39, 0.29) is 6.04 Å². The highest BCUT2D eigenvalue weighted by Crippen LogP contribution is 2.26. The Morgan fingerprint density at radius 1 is 0.842 bits per heavy atom. The van der Waals surface area contributed by atoms with Crippen LogP contribution in [-0.4, -0.2) is 0 Å². The zero-order valence-electron chi connectivity index (χ0n) is 11.7. The highest BCUT2D eigenvalue weighted by Gasteiger charge is 2.14. The second-order valence-electron chi connectivity index (χ2n) is 4.99. The van der Waals surface area contributed by atoms with Crippen molar-refractivity contribution in [3.8, 4) is 0 Å². The van der Waals surface area contributed by atoms with Crippen LogP contribution < -0.4 is 5.32 Å². The van der Waals surface area contributed by atoms with E-state index in [1.54, 1.807) is 0 Å². The van der Waals surface area contributed by atoms with Crippen molar-refractivity contribution in [3.05, 3.63) is 70.2 Å². The van der Waals surface area contributed by atoms with Crippen molar-refractivity contribution in [3.63, 3.8) is 0 Å². The van der Waals surface area contributed by atoms with Gasteiger partial charge in [-0.05, 0) is 43.5 Å². The number of benzene rings is 2. The van der Waals surface area contributed by atoms with Crippen LogP contribution in [0.15, 0.2) is 48.5 Å². The van der Waals surface area contributed by atoms with Gasteiger partial charge in [0.1, 0.15) is 0 Å². The van der Waals surface area contributed by atoms with Gasteiger partial charge in [-0.25, -0.2) is 0 Å². The molecule has 100 valence electrons. The van der Waals surface area contributed by atoms with Crippen LogP contribution in [0, 0.1) is 6.92 Å². The standard InChI is InChI=1S/C17H20ClN/c1-12-8-4-5-9-15(12)13(2)19-14(3)16-10-6-7-11-17(16)18/h4-11,13-14,19H,1-3H3/t13?,14-/m1/s1. The van der Waals surface area contributed by atoms with Gasteiger partial charge in [-0.1, -0.05) is 54.1 Å². The molecule has 0 aliphatic rings. The summed E-state index contributed by atoms with van der Waals surface area (Å²) in [4.78, 5) is 0. The first-order valence-electron chi connectivity index (χ1n) is 6.65. The lowest BCUT2D eigenvalue weighted by atomic mass is 10.0. The van der Waals surface area contributed by atoms with Crippen molar-refractivity contribution >= 4 is 11.6 Å². The Kier molecular flexibility index (Phi) is 4.62. The summed E-state index contributed by atoms with van der Waals surface area (Å²) in [6.07, 6.45) is 0. The molecule has 19 heavy (non-hydrogen) atoms. The van der Waals surface area contributed by atoms with Crippen molar-refractivity contribution in [1.29, 1.82) is 0 Å². The molecule has 1 unspecified atom stereocenters. The van der Waals surface area contributed by atoms with Gasteiger partial charge >= 0.3 is 0 Å². The predicted molar refractivity (Wildman–Crippen MR) is 82.6 cm³/mol. The van der Waals surface area contributed by atoms with E-state index in [9.17, 15) is 0 Å². The minimum absolute atomic E-state index is 0.225. The van der Waals surface area contributed by atoms with Crippen LogP contribution in [0.5, 0.6) is 0 Å². The van der Waals surface area contributed by atoms with Crippen LogP contribution >= 0.6 is 11.6 Å². The fourth-order valence-corrected chi connectivity index (χ4v) is 2.75. The first-order valence-corrected chi connectivity index (χ1v) is 7.03. The van der Waals surface area contributed by atoms with Gasteiger partial charge < -0.3 is 5.32 Å². The van der Waals surface area contributed by atoms with Gasteiger partial charge in [-0.3, -0.25) is 0 Å². The van der Waals surface area contributed by atoms with Crippen LogP contribution in [0.1, 0.15) is 42.6 Å². The molecule has 0 aromatic heterocycles. The normalized spacial score (nSPS) is 14.1. The summed E-state index contributed by atoms with van der Waals surface area (Å²) < 4.78 is 0. The van der Waals surface area contributed by atoms with Crippen molar-refractivity contribution < 1.29 is 0 Å². The van der Waals surface area contributed by atoms with E-state index >= 15 is 0 Å². The number of hydrogen-bond donors (Lipinski definition) is 1. The number of hydrogen-bond acceptors (Lipinski definition) is 1. The van der Waals surface area contributed by atoms with E-state index in [1.165, 1.54) is 11.1 Å². The second-order valence-corrected chi connectivity index (χ2v) is 5.40. The summed E-state index contributed by atoms with van der Waals surface area (Å²) in [5.41, 5.74) is 3.79. The lowest BCUT2D eigenvalue weighted by Crippen LogP contribution is -2.23. The molecule has 2 rings (SSSR count). The fourth-order valence-electron chi connectivity index (χ4n) is 2.45. The Labute approximate surface area is 120 Å². The SMILES string of the molecule is Cc1ccccc1C(C)N[C@H](C)c1ccccc1Cl. The van der Waals surface area contributed by atoms with Gasteiger partial charge in [0.2, 0.25) is 0 Å². The number of aryl methyl sites for hydroxylation is 1. The Bertz CT molecular complexity index is 501. The van der Waals surface area contributed by atoms with E-state index in [0.717, 1.165) is 10.6 Å². The van der Waals surface area contributed by atoms with Gasteiger partial charge in [0, 0.05) is 17.1 Å². The summed E-state index contributed by atoms with van der Waals surface area (Å²) in [5.74, 6) is 0. The highest BCUT2D eigenvalue weighted by molar-refractivity contribution is 6.31. The van der Waals surface area contributed by atoms with Crippen LogP contribution in [0.25, 0.3) is 0 Å². The second kappa shape index (κ2) is 6.23. The van der Waals surface area contributed by atoms with Crippen LogP contribution in [-0.2, 0) is 0 Å². The lowest BCUT2D eigenvalue weighted by molar-refractivity contribution is 0.493. The van der Waals surface area contributed by atoms with Crippen LogP contribution in [0.4, 0.5) is 0 Å². The van der Waals surface area contributed by atoms with Crippen molar-refractivity contribution in [1.82, 2.24) is 5.32 Å². The zero-order chi connectivity index (χ0) is 13.8. The molecule has 2 aromatic rings. The smallest absolute Gasteiger partial charge is 0.0453 e. The molecular formula is C17H20ClN. The first-order chi connectivity index (χ1) is 9.09. The molecule has 0 radical (unpaired) electrons. The fraction of sp³-hybridized carbons (Fsp3) is 0.294. The van der Waals surface area contributed by atoms with Crippen molar-refractivity contribution in [2.45, 2.75) is 32.9 Å². The van der Waals surface area contributed by atoms with E-state index in [2.05, 4.69) is 56.4 Å². The third-order valence-corrected chi connectivity index (χ3v) is 3.87. The maximum atomic E-state index is 6.24. The molecule has 0 saturated heterocycles. The van der Waals surface area contributed by atoms with E-state index in [1.807, 2.05) is 18.2 Å². The van der Waals surface area contributed by atoms with E-state index in [4.69, 9.17) is 11.6 Å². The average molecular weight is 274 g/mol. The maximum absolute atomic E-state index is 6.24. The van der Waals surface area contributed by atoms with Gasteiger partial charge in [0.15, 0.2) is 0 Å². The monoisotopic (exact) mass is 273 g/mol. The largest absolute Gasteiger partial charge is 0.304 e.